The van der Waals surface area contributed by atoms with Crippen LogP contribution in [-0.2, 0) is 14.1 Å². The number of carboxylic acids is 1. The van der Waals surface area contributed by atoms with Crippen molar-refractivity contribution in [2.24, 2.45) is 14.1 Å². The summed E-state index contributed by atoms with van der Waals surface area (Å²) >= 11 is 0. The van der Waals surface area contributed by atoms with Crippen LogP contribution in [0.15, 0.2) is 18.6 Å². The van der Waals surface area contributed by atoms with Crippen LogP contribution >= 0.6 is 0 Å². The number of pyridine rings is 1. The van der Waals surface area contributed by atoms with E-state index >= 15 is 0 Å². The summed E-state index contributed by atoms with van der Waals surface area (Å²) in [7, 11) is 3.57. The molecule has 0 saturated heterocycles. The van der Waals surface area contributed by atoms with Crippen molar-refractivity contribution in [2.45, 2.75) is 6.92 Å². The Labute approximate surface area is 120 Å². The van der Waals surface area contributed by atoms with Crippen molar-refractivity contribution in [3.05, 3.63) is 29.8 Å². The summed E-state index contributed by atoms with van der Waals surface area (Å²) in [5.74, 6) is -1.04. The van der Waals surface area contributed by atoms with Gasteiger partial charge in [-0.25, -0.2) is 9.78 Å². The highest BCUT2D eigenvalue weighted by atomic mass is 16.4. The van der Waals surface area contributed by atoms with Gasteiger partial charge in [-0.05, 0) is 6.92 Å². The van der Waals surface area contributed by atoms with Gasteiger partial charge in [-0.2, -0.15) is 10.2 Å². The van der Waals surface area contributed by atoms with Crippen molar-refractivity contribution >= 4 is 28.4 Å². The van der Waals surface area contributed by atoms with E-state index in [0.717, 1.165) is 11.4 Å². The highest BCUT2D eigenvalue weighted by Gasteiger charge is 2.18. The lowest BCUT2D eigenvalue weighted by Crippen LogP contribution is -2.05. The number of hydrogen-bond donors (Lipinski definition) is 2. The molecule has 0 aliphatic rings. The Morgan fingerprint density at radius 2 is 2.10 bits per heavy atom. The van der Waals surface area contributed by atoms with E-state index in [1.165, 1.54) is 6.20 Å². The fourth-order valence-electron chi connectivity index (χ4n) is 2.25. The van der Waals surface area contributed by atoms with Crippen LogP contribution in [0, 0.1) is 6.92 Å². The molecule has 21 heavy (non-hydrogen) atoms. The second kappa shape index (κ2) is 4.58. The first-order chi connectivity index (χ1) is 9.97. The number of aryl methyl sites for hydroxylation is 3. The van der Waals surface area contributed by atoms with Crippen LogP contribution in [-0.4, -0.2) is 35.6 Å². The van der Waals surface area contributed by atoms with E-state index in [-0.39, 0.29) is 5.56 Å². The molecular formula is C13H14N6O2. The van der Waals surface area contributed by atoms with Crippen LogP contribution in [0.3, 0.4) is 0 Å². The molecule has 3 rings (SSSR count). The van der Waals surface area contributed by atoms with Crippen LogP contribution < -0.4 is 5.32 Å². The standard InChI is InChI=1S/C13H14N6O2/c1-7-10(6-18(2)17-7)16-11-8-5-15-19(3)12(8)14-4-9(11)13(20)21/h4-6H,1-3H3,(H,14,16)(H,20,21). The molecule has 0 aliphatic carbocycles. The number of nitrogens with zero attached hydrogens (tertiary/aromatic N) is 5. The molecule has 8 heteroatoms. The number of carbonyl (C=O) groups is 1. The number of hydrogen-bond acceptors (Lipinski definition) is 5. The van der Waals surface area contributed by atoms with Gasteiger partial charge in [-0.15, -0.1) is 0 Å². The Hall–Kier alpha value is -2.90. The zero-order valence-electron chi connectivity index (χ0n) is 11.8. The summed E-state index contributed by atoms with van der Waals surface area (Å²) in [5, 5.41) is 21.5. The van der Waals surface area contributed by atoms with Gasteiger partial charge in [0.15, 0.2) is 5.65 Å². The third kappa shape index (κ3) is 2.10. The SMILES string of the molecule is Cc1nn(C)cc1Nc1c(C(=O)O)cnc2c1cnn2C. The first-order valence-corrected chi connectivity index (χ1v) is 6.28. The molecule has 108 valence electrons. The minimum atomic E-state index is -1.04. The highest BCUT2D eigenvalue weighted by Crippen LogP contribution is 2.29. The summed E-state index contributed by atoms with van der Waals surface area (Å²) < 4.78 is 3.27. The molecule has 0 saturated carbocycles. The Morgan fingerprint density at radius 1 is 1.33 bits per heavy atom. The molecule has 3 aromatic rings. The van der Waals surface area contributed by atoms with Crippen LogP contribution in [0.2, 0.25) is 0 Å². The maximum Gasteiger partial charge on any atom is 0.339 e. The van der Waals surface area contributed by atoms with Crippen LogP contribution in [0.5, 0.6) is 0 Å². The van der Waals surface area contributed by atoms with Crippen molar-refractivity contribution in [1.82, 2.24) is 24.5 Å². The summed E-state index contributed by atoms with van der Waals surface area (Å²) in [4.78, 5) is 15.6. The minimum Gasteiger partial charge on any atom is -0.478 e. The predicted octanol–water partition coefficient (Wildman–Crippen LogP) is 1.45. The molecule has 0 aromatic carbocycles. The summed E-state index contributed by atoms with van der Waals surface area (Å²) in [6, 6.07) is 0. The molecule has 0 atom stereocenters. The quantitative estimate of drug-likeness (QED) is 0.756. The fraction of sp³-hybridized carbons (Fsp3) is 0.231. The molecule has 3 aromatic heterocycles. The number of rotatable bonds is 3. The number of aromatic carboxylic acids is 1. The van der Waals surface area contributed by atoms with Crippen LogP contribution in [0.25, 0.3) is 11.0 Å². The van der Waals surface area contributed by atoms with E-state index in [1.54, 1.807) is 28.8 Å². The average Bonchev–Trinajstić information content (AvgIpc) is 2.94. The minimum absolute atomic E-state index is 0.0961. The molecular weight excluding hydrogens is 272 g/mol. The zero-order chi connectivity index (χ0) is 15.1. The van der Waals surface area contributed by atoms with E-state index in [4.69, 9.17) is 0 Å². The molecule has 8 nitrogen and oxygen atoms in total. The smallest absolute Gasteiger partial charge is 0.339 e. The van der Waals surface area contributed by atoms with Crippen molar-refractivity contribution in [1.29, 1.82) is 0 Å². The summed E-state index contributed by atoms with van der Waals surface area (Å²) in [5.41, 5.74) is 2.71. The number of aromatic nitrogens is 5. The topological polar surface area (TPSA) is 97.9 Å². The van der Waals surface area contributed by atoms with Gasteiger partial charge < -0.3 is 10.4 Å². The molecule has 0 unspecified atom stereocenters. The van der Waals surface area contributed by atoms with Gasteiger partial charge >= 0.3 is 5.97 Å². The molecule has 0 aliphatic heterocycles. The Bertz CT molecular complexity index is 848. The van der Waals surface area contributed by atoms with Gasteiger partial charge in [0.05, 0.1) is 28.7 Å². The molecule has 3 heterocycles. The highest BCUT2D eigenvalue weighted by molar-refractivity contribution is 6.04. The second-order valence-electron chi connectivity index (χ2n) is 4.78. The first kappa shape index (κ1) is 13.1. The second-order valence-corrected chi connectivity index (χ2v) is 4.78. The maximum absolute atomic E-state index is 11.4. The van der Waals surface area contributed by atoms with Crippen molar-refractivity contribution in [3.63, 3.8) is 0 Å². The number of anilines is 2. The lowest BCUT2D eigenvalue weighted by molar-refractivity contribution is 0.0697. The van der Waals surface area contributed by atoms with Crippen molar-refractivity contribution in [3.8, 4) is 0 Å². The molecule has 0 radical (unpaired) electrons. The van der Waals surface area contributed by atoms with Crippen LogP contribution in [0.1, 0.15) is 16.1 Å². The van der Waals surface area contributed by atoms with Crippen molar-refractivity contribution in [2.75, 3.05) is 5.32 Å². The fourth-order valence-corrected chi connectivity index (χ4v) is 2.25. The predicted molar refractivity (Wildman–Crippen MR) is 76.7 cm³/mol. The Morgan fingerprint density at radius 3 is 2.71 bits per heavy atom. The Kier molecular flexibility index (Phi) is 2.86. The van der Waals surface area contributed by atoms with E-state index in [9.17, 15) is 9.90 Å². The number of fused-ring (bicyclic) bond motifs is 1. The summed E-state index contributed by atoms with van der Waals surface area (Å²) in [6.07, 6.45) is 4.73. The van der Waals surface area contributed by atoms with Crippen molar-refractivity contribution < 1.29 is 9.90 Å². The largest absolute Gasteiger partial charge is 0.478 e. The average molecular weight is 286 g/mol. The lowest BCUT2D eigenvalue weighted by atomic mass is 10.1. The van der Waals surface area contributed by atoms with E-state index in [2.05, 4.69) is 20.5 Å². The van der Waals surface area contributed by atoms with Gasteiger partial charge in [0.1, 0.15) is 5.56 Å². The van der Waals surface area contributed by atoms with E-state index in [1.807, 2.05) is 14.0 Å². The first-order valence-electron chi connectivity index (χ1n) is 6.28. The van der Waals surface area contributed by atoms with Gasteiger partial charge in [-0.3, -0.25) is 9.36 Å². The normalized spacial score (nSPS) is 11.0. The third-order valence-corrected chi connectivity index (χ3v) is 3.27. The summed E-state index contributed by atoms with van der Waals surface area (Å²) in [6.45, 7) is 1.85. The number of nitrogens with one attached hydrogen (secondary N) is 1. The van der Waals surface area contributed by atoms with Gasteiger partial charge in [0, 0.05) is 26.5 Å². The van der Waals surface area contributed by atoms with Gasteiger partial charge in [0.2, 0.25) is 0 Å². The maximum atomic E-state index is 11.4. The third-order valence-electron chi connectivity index (χ3n) is 3.27. The molecule has 2 N–H and O–H groups in total. The Balaban J connectivity index is 2.21. The molecule has 0 bridgehead atoms. The molecule has 0 fully saturated rings. The monoisotopic (exact) mass is 286 g/mol. The van der Waals surface area contributed by atoms with Crippen LogP contribution in [0.4, 0.5) is 11.4 Å². The lowest BCUT2D eigenvalue weighted by Gasteiger charge is -2.09. The van der Waals surface area contributed by atoms with E-state index < -0.39 is 5.97 Å². The zero-order valence-corrected chi connectivity index (χ0v) is 11.8. The van der Waals surface area contributed by atoms with E-state index in [0.29, 0.717) is 16.7 Å². The van der Waals surface area contributed by atoms with Gasteiger partial charge in [0.25, 0.3) is 0 Å². The van der Waals surface area contributed by atoms with Gasteiger partial charge in [-0.1, -0.05) is 0 Å². The molecule has 0 amide bonds. The molecule has 0 spiro atoms. The number of carboxylic acid groups (broad SMARTS) is 1.